The summed E-state index contributed by atoms with van der Waals surface area (Å²) in [6, 6.07) is 0. The molecule has 0 aromatic heterocycles. The highest BCUT2D eigenvalue weighted by molar-refractivity contribution is 5.86. The lowest BCUT2D eigenvalue weighted by atomic mass is 9.62. The van der Waals surface area contributed by atoms with E-state index in [0.29, 0.717) is 34.2 Å². The van der Waals surface area contributed by atoms with Gasteiger partial charge in [-0.25, -0.2) is 0 Å². The molecule has 4 fully saturated rings. The molecule has 0 saturated heterocycles. The standard InChI is InChI=1S/C13H20O.C10H16O/c1-4-6-13(3)10-5-7-12(2,8-10)9-11(13)14;1-7-8-3-4-10(2,5-8)6-9(7)11/h4,10H,1,5-9H2,2-3H3;7-8H,3-6H2,1-2H3. The molecule has 0 aromatic carbocycles. The zero-order valence-corrected chi connectivity index (χ0v) is 16.7. The third kappa shape index (κ3) is 3.38. The van der Waals surface area contributed by atoms with Crippen LogP contribution >= 0.6 is 0 Å². The van der Waals surface area contributed by atoms with E-state index >= 15 is 0 Å². The molecule has 0 radical (unpaired) electrons. The number of Topliss-reactive ketones (excluding diaryl/α,β-unsaturated/α-hetero) is 2. The summed E-state index contributed by atoms with van der Waals surface area (Å²) < 4.78 is 0. The summed E-state index contributed by atoms with van der Waals surface area (Å²) in [5.41, 5.74) is 0.647. The fraction of sp³-hybridized carbons (Fsp3) is 0.826. The Labute approximate surface area is 153 Å². The van der Waals surface area contributed by atoms with Gasteiger partial charge in [0.05, 0.1) is 0 Å². The maximum atomic E-state index is 12.1. The number of hydrogen-bond acceptors (Lipinski definition) is 2. The molecular weight excluding hydrogens is 308 g/mol. The number of ketones is 2. The predicted molar refractivity (Wildman–Crippen MR) is 102 cm³/mol. The van der Waals surface area contributed by atoms with Crippen molar-refractivity contribution in [1.82, 2.24) is 0 Å². The minimum Gasteiger partial charge on any atom is -0.299 e. The molecule has 0 spiro atoms. The van der Waals surface area contributed by atoms with Crippen molar-refractivity contribution in [1.29, 1.82) is 0 Å². The monoisotopic (exact) mass is 344 g/mol. The highest BCUT2D eigenvalue weighted by Crippen LogP contribution is 2.58. The van der Waals surface area contributed by atoms with E-state index in [0.717, 1.165) is 25.2 Å². The second-order valence-electron chi connectivity index (χ2n) is 10.5. The lowest BCUT2D eigenvalue weighted by molar-refractivity contribution is -0.135. The molecule has 0 aliphatic heterocycles. The van der Waals surface area contributed by atoms with Crippen molar-refractivity contribution in [2.45, 2.75) is 85.5 Å². The van der Waals surface area contributed by atoms with Gasteiger partial charge in [0.25, 0.3) is 0 Å². The Morgan fingerprint density at radius 1 is 1.04 bits per heavy atom. The van der Waals surface area contributed by atoms with E-state index in [2.05, 4.69) is 34.3 Å². The van der Waals surface area contributed by atoms with Crippen LogP contribution < -0.4 is 0 Å². The molecule has 0 amide bonds. The minimum absolute atomic E-state index is 0.0856. The first-order valence-corrected chi connectivity index (χ1v) is 10.3. The van der Waals surface area contributed by atoms with Gasteiger partial charge in [0.2, 0.25) is 0 Å². The van der Waals surface area contributed by atoms with E-state index in [1.54, 1.807) is 0 Å². The lowest BCUT2D eigenvalue weighted by Gasteiger charge is -2.41. The zero-order chi connectivity index (χ0) is 18.5. The molecule has 2 nitrogen and oxygen atoms in total. The molecule has 4 aliphatic carbocycles. The van der Waals surface area contributed by atoms with Crippen LogP contribution in [-0.2, 0) is 9.59 Å². The molecule has 6 unspecified atom stereocenters. The zero-order valence-electron chi connectivity index (χ0n) is 16.7. The van der Waals surface area contributed by atoms with Crippen LogP contribution in [0.2, 0.25) is 0 Å². The van der Waals surface area contributed by atoms with Crippen LogP contribution in [0, 0.1) is 34.0 Å². The van der Waals surface area contributed by atoms with Crippen LogP contribution in [0.5, 0.6) is 0 Å². The highest BCUT2D eigenvalue weighted by Gasteiger charge is 2.53. The summed E-state index contributed by atoms with van der Waals surface area (Å²) in [7, 11) is 0. The van der Waals surface area contributed by atoms with Crippen molar-refractivity contribution < 1.29 is 9.59 Å². The van der Waals surface area contributed by atoms with Gasteiger partial charge in [-0.05, 0) is 67.6 Å². The van der Waals surface area contributed by atoms with Crippen molar-refractivity contribution in [2.24, 2.45) is 34.0 Å². The van der Waals surface area contributed by atoms with E-state index in [4.69, 9.17) is 0 Å². The Balaban J connectivity index is 0.000000150. The quantitative estimate of drug-likeness (QED) is 0.598. The molecule has 4 aliphatic rings. The molecule has 6 atom stereocenters. The van der Waals surface area contributed by atoms with Gasteiger partial charge in [0.15, 0.2) is 0 Å². The summed E-state index contributed by atoms with van der Waals surface area (Å²) in [5.74, 6) is 2.70. The maximum Gasteiger partial charge on any atom is 0.139 e. The van der Waals surface area contributed by atoms with Crippen molar-refractivity contribution in [3.63, 3.8) is 0 Å². The van der Waals surface area contributed by atoms with E-state index < -0.39 is 0 Å². The molecule has 4 rings (SSSR count). The van der Waals surface area contributed by atoms with Gasteiger partial charge in [0.1, 0.15) is 11.6 Å². The third-order valence-electron chi connectivity index (χ3n) is 8.22. The van der Waals surface area contributed by atoms with E-state index in [-0.39, 0.29) is 5.41 Å². The maximum absolute atomic E-state index is 12.1. The fourth-order valence-corrected chi connectivity index (χ4v) is 6.23. The van der Waals surface area contributed by atoms with Crippen molar-refractivity contribution in [3.8, 4) is 0 Å². The van der Waals surface area contributed by atoms with Gasteiger partial charge in [-0.15, -0.1) is 6.58 Å². The molecule has 4 bridgehead atoms. The normalized spacial score (nSPS) is 48.1. The van der Waals surface area contributed by atoms with Crippen LogP contribution in [0.1, 0.15) is 85.5 Å². The fourth-order valence-electron chi connectivity index (χ4n) is 6.23. The second-order valence-corrected chi connectivity index (χ2v) is 10.5. The third-order valence-corrected chi connectivity index (χ3v) is 8.22. The number of fused-ring (bicyclic) bond motifs is 4. The van der Waals surface area contributed by atoms with Gasteiger partial charge in [0, 0.05) is 24.2 Å². The van der Waals surface area contributed by atoms with Gasteiger partial charge in [-0.2, -0.15) is 0 Å². The largest absolute Gasteiger partial charge is 0.299 e. The van der Waals surface area contributed by atoms with Gasteiger partial charge in [-0.3, -0.25) is 9.59 Å². The molecule has 0 aromatic rings. The van der Waals surface area contributed by atoms with Gasteiger partial charge >= 0.3 is 0 Å². The van der Waals surface area contributed by atoms with Crippen molar-refractivity contribution >= 4 is 11.6 Å². The first-order chi connectivity index (χ1) is 11.6. The van der Waals surface area contributed by atoms with Crippen molar-refractivity contribution in [3.05, 3.63) is 12.7 Å². The smallest absolute Gasteiger partial charge is 0.139 e. The average Bonchev–Trinajstić information content (AvgIpc) is 3.05. The number of allylic oxidation sites excluding steroid dienone is 1. The Morgan fingerprint density at radius 2 is 1.68 bits per heavy atom. The Kier molecular flexibility index (Phi) is 4.79. The molecule has 0 N–H and O–H groups in total. The summed E-state index contributed by atoms with van der Waals surface area (Å²) >= 11 is 0. The summed E-state index contributed by atoms with van der Waals surface area (Å²) in [6.07, 6.45) is 12.1. The molecule has 4 saturated carbocycles. The summed E-state index contributed by atoms with van der Waals surface area (Å²) in [4.78, 5) is 23.6. The first kappa shape index (κ1) is 18.9. The predicted octanol–water partition coefficient (Wildman–Crippen LogP) is 5.75. The molecule has 25 heavy (non-hydrogen) atoms. The van der Waals surface area contributed by atoms with Crippen LogP contribution in [-0.4, -0.2) is 11.6 Å². The number of hydrogen-bond donors (Lipinski definition) is 0. The topological polar surface area (TPSA) is 34.1 Å². The molecule has 0 heterocycles. The van der Waals surface area contributed by atoms with Gasteiger partial charge < -0.3 is 0 Å². The van der Waals surface area contributed by atoms with E-state index in [1.807, 2.05) is 6.08 Å². The van der Waals surface area contributed by atoms with E-state index in [9.17, 15) is 9.59 Å². The first-order valence-electron chi connectivity index (χ1n) is 10.3. The number of carbonyl (C=O) groups is 2. The van der Waals surface area contributed by atoms with Crippen LogP contribution in [0.15, 0.2) is 12.7 Å². The average molecular weight is 345 g/mol. The van der Waals surface area contributed by atoms with Crippen LogP contribution in [0.4, 0.5) is 0 Å². The van der Waals surface area contributed by atoms with Gasteiger partial charge in [-0.1, -0.05) is 33.8 Å². The molecule has 2 heteroatoms. The number of rotatable bonds is 2. The lowest BCUT2D eigenvalue weighted by Crippen LogP contribution is -2.41. The number of carbonyl (C=O) groups excluding carboxylic acids is 2. The van der Waals surface area contributed by atoms with Crippen LogP contribution in [0.3, 0.4) is 0 Å². The molecule has 140 valence electrons. The summed E-state index contributed by atoms with van der Waals surface area (Å²) in [6.45, 7) is 12.6. The second kappa shape index (κ2) is 6.35. The Bertz CT molecular complexity index is 579. The SMILES string of the molecule is C=CCC1(C)C(=O)CC2(C)CCC1C2.CC1C(=O)CC2(C)CCC1C2. The summed E-state index contributed by atoms with van der Waals surface area (Å²) in [5, 5.41) is 0. The van der Waals surface area contributed by atoms with Crippen molar-refractivity contribution in [2.75, 3.05) is 0 Å². The van der Waals surface area contributed by atoms with E-state index in [1.165, 1.54) is 38.5 Å². The Hall–Kier alpha value is -0.920. The minimum atomic E-state index is -0.0856. The van der Waals surface area contributed by atoms with Crippen LogP contribution in [0.25, 0.3) is 0 Å². The highest BCUT2D eigenvalue weighted by atomic mass is 16.1. The molecular formula is C23H36O2. The Morgan fingerprint density at radius 3 is 2.36 bits per heavy atom.